The fourth-order valence-corrected chi connectivity index (χ4v) is 3.65. The molecule has 0 aliphatic rings. The largest absolute Gasteiger partial charge is 0.218 e. The molecule has 0 N–H and O–H groups in total. The van der Waals surface area contributed by atoms with Gasteiger partial charge in [0.25, 0.3) is 0 Å². The summed E-state index contributed by atoms with van der Waals surface area (Å²) in [5, 5.41) is 1.28. The summed E-state index contributed by atoms with van der Waals surface area (Å²) in [5.41, 5.74) is 0. The lowest BCUT2D eigenvalue weighted by Crippen LogP contribution is -2.30. The van der Waals surface area contributed by atoms with Gasteiger partial charge in [0.2, 0.25) is 3.07 Å². The molecule has 0 fully saturated rings. The molecule has 0 amide bonds. The predicted octanol–water partition coefficient (Wildman–Crippen LogP) is 2.97. The first-order valence-electron chi connectivity index (χ1n) is 3.14. The molecule has 0 heterocycles. The summed E-state index contributed by atoms with van der Waals surface area (Å²) in [5.74, 6) is -0.153. The van der Waals surface area contributed by atoms with Crippen molar-refractivity contribution < 1.29 is 4.39 Å². The van der Waals surface area contributed by atoms with Gasteiger partial charge in [-0.3, -0.25) is 0 Å². The Balaban J connectivity index is 2.99. The van der Waals surface area contributed by atoms with E-state index in [4.69, 9.17) is 0 Å². The van der Waals surface area contributed by atoms with Gasteiger partial charge in [-0.2, -0.15) is 0 Å². The third-order valence-corrected chi connectivity index (χ3v) is 6.44. The van der Waals surface area contributed by atoms with Gasteiger partial charge in [0, 0.05) is 0 Å². The van der Waals surface area contributed by atoms with E-state index in [2.05, 4.69) is 50.1 Å². The van der Waals surface area contributed by atoms with Gasteiger partial charge in [0.15, 0.2) is 0 Å². The Hall–Kier alpha value is 0.827. The van der Waals surface area contributed by atoms with Crippen LogP contribution in [0, 0.1) is 5.82 Å². The van der Waals surface area contributed by atoms with Gasteiger partial charge < -0.3 is 0 Å². The average Bonchev–Trinajstić information content (AvgIpc) is 1.86. The van der Waals surface area contributed by atoms with Crippen LogP contribution in [0.5, 0.6) is 0 Å². The lowest BCUT2D eigenvalue weighted by Gasteiger charge is -2.10. The van der Waals surface area contributed by atoms with Crippen LogP contribution in [0.25, 0.3) is 0 Å². The SMILES string of the molecule is C[Si](I)(I)c1ccc(F)cc1. The second-order valence-corrected chi connectivity index (χ2v) is 23.9. The van der Waals surface area contributed by atoms with E-state index in [0.717, 1.165) is 0 Å². The summed E-state index contributed by atoms with van der Waals surface area (Å²) in [6.45, 7) is 2.22. The van der Waals surface area contributed by atoms with E-state index >= 15 is 0 Å². The number of benzene rings is 1. The fraction of sp³-hybridized carbons (Fsp3) is 0.143. The molecular formula is C7H7FI2Si. The van der Waals surface area contributed by atoms with Crippen molar-refractivity contribution in [3.8, 4) is 0 Å². The van der Waals surface area contributed by atoms with Crippen LogP contribution in [-0.4, -0.2) is 3.07 Å². The van der Waals surface area contributed by atoms with Crippen molar-refractivity contribution in [2.75, 3.05) is 0 Å². The molecule has 0 atom stereocenters. The first-order valence-corrected chi connectivity index (χ1v) is 11.9. The molecule has 0 radical (unpaired) electrons. The van der Waals surface area contributed by atoms with E-state index in [1.54, 1.807) is 0 Å². The summed E-state index contributed by atoms with van der Waals surface area (Å²) < 4.78 is 11.2. The van der Waals surface area contributed by atoms with Gasteiger partial charge in [0.1, 0.15) is 5.82 Å². The van der Waals surface area contributed by atoms with Gasteiger partial charge in [-0.05, 0) is 23.9 Å². The average molecular weight is 392 g/mol. The van der Waals surface area contributed by atoms with Gasteiger partial charge in [-0.15, -0.1) is 0 Å². The molecule has 1 rings (SSSR count). The molecule has 4 heteroatoms. The Morgan fingerprint density at radius 2 is 1.64 bits per heavy atom. The predicted molar refractivity (Wildman–Crippen MR) is 65.7 cm³/mol. The fourth-order valence-electron chi connectivity index (χ4n) is 0.743. The summed E-state index contributed by atoms with van der Waals surface area (Å²) >= 11 is 4.91. The van der Waals surface area contributed by atoms with Crippen molar-refractivity contribution >= 4 is 51.8 Å². The van der Waals surface area contributed by atoms with E-state index in [0.29, 0.717) is 0 Å². The van der Waals surface area contributed by atoms with E-state index in [-0.39, 0.29) is 5.82 Å². The Labute approximate surface area is 92.0 Å². The van der Waals surface area contributed by atoms with Crippen LogP contribution < -0.4 is 5.19 Å². The summed E-state index contributed by atoms with van der Waals surface area (Å²) in [6, 6.07) is 6.80. The molecule has 0 saturated carbocycles. The van der Waals surface area contributed by atoms with E-state index in [1.165, 1.54) is 17.3 Å². The minimum absolute atomic E-state index is 0.153. The van der Waals surface area contributed by atoms with E-state index < -0.39 is 3.07 Å². The number of rotatable bonds is 1. The molecule has 60 valence electrons. The highest BCUT2D eigenvalue weighted by atomic mass is 127. The van der Waals surface area contributed by atoms with Crippen molar-refractivity contribution in [1.29, 1.82) is 0 Å². The molecule has 0 nitrogen and oxygen atoms in total. The minimum Gasteiger partial charge on any atom is -0.207 e. The van der Waals surface area contributed by atoms with Crippen molar-refractivity contribution in [3.63, 3.8) is 0 Å². The zero-order valence-electron chi connectivity index (χ0n) is 5.94. The topological polar surface area (TPSA) is 0 Å². The molecule has 0 spiro atoms. The first-order chi connectivity index (χ1) is 5.00. The highest BCUT2D eigenvalue weighted by Gasteiger charge is 2.21. The third kappa shape index (κ3) is 2.98. The second kappa shape index (κ2) is 3.69. The van der Waals surface area contributed by atoms with Gasteiger partial charge >= 0.3 is 0 Å². The molecular weight excluding hydrogens is 385 g/mol. The van der Waals surface area contributed by atoms with Crippen molar-refractivity contribution in [2.45, 2.75) is 6.55 Å². The van der Waals surface area contributed by atoms with Gasteiger partial charge in [0.05, 0.1) is 0 Å². The van der Waals surface area contributed by atoms with Crippen LogP contribution in [0.3, 0.4) is 0 Å². The first kappa shape index (κ1) is 9.91. The molecule has 1 aromatic carbocycles. The molecule has 0 aliphatic heterocycles. The molecule has 11 heavy (non-hydrogen) atoms. The van der Waals surface area contributed by atoms with Crippen LogP contribution in [0.15, 0.2) is 24.3 Å². The highest BCUT2D eigenvalue weighted by molar-refractivity contribution is 14.3. The maximum absolute atomic E-state index is 12.5. The lowest BCUT2D eigenvalue weighted by molar-refractivity contribution is 0.628. The van der Waals surface area contributed by atoms with Crippen LogP contribution in [-0.2, 0) is 0 Å². The summed E-state index contributed by atoms with van der Waals surface area (Å²) in [7, 11) is 0. The van der Waals surface area contributed by atoms with Crippen LogP contribution in [0.2, 0.25) is 6.55 Å². The highest BCUT2D eigenvalue weighted by Crippen LogP contribution is 2.20. The quantitative estimate of drug-likeness (QED) is 0.392. The van der Waals surface area contributed by atoms with E-state index in [1.807, 2.05) is 12.1 Å². The zero-order chi connectivity index (χ0) is 8.48. The van der Waals surface area contributed by atoms with E-state index in [9.17, 15) is 4.39 Å². The van der Waals surface area contributed by atoms with Crippen molar-refractivity contribution in [2.24, 2.45) is 0 Å². The number of hydrogen-bond donors (Lipinski definition) is 0. The van der Waals surface area contributed by atoms with Gasteiger partial charge in [-0.25, -0.2) is 4.39 Å². The molecule has 0 aromatic heterocycles. The second-order valence-electron chi connectivity index (χ2n) is 2.40. The maximum Gasteiger partial charge on any atom is 0.218 e. The molecule has 0 unspecified atom stereocenters. The maximum atomic E-state index is 12.5. The van der Waals surface area contributed by atoms with Gasteiger partial charge in [-0.1, -0.05) is 55.7 Å². The molecule has 0 aliphatic carbocycles. The normalized spacial score (nSPS) is 11.6. The van der Waals surface area contributed by atoms with Crippen LogP contribution in [0.4, 0.5) is 4.39 Å². The standard InChI is InChI=1S/C7H7FI2Si/c1-11(9,10)7-4-2-6(8)3-5-7/h2-5H,1H3. The van der Waals surface area contributed by atoms with Crippen molar-refractivity contribution in [1.82, 2.24) is 0 Å². The van der Waals surface area contributed by atoms with Crippen molar-refractivity contribution in [3.05, 3.63) is 30.1 Å². The Morgan fingerprint density at radius 3 is 2.00 bits per heavy atom. The minimum atomic E-state index is -1.28. The Bertz CT molecular complexity index is 240. The van der Waals surface area contributed by atoms with Crippen LogP contribution in [0.1, 0.15) is 0 Å². The third-order valence-electron chi connectivity index (χ3n) is 1.35. The van der Waals surface area contributed by atoms with Crippen LogP contribution >= 0.6 is 43.6 Å². The molecule has 1 aromatic rings. The summed E-state index contributed by atoms with van der Waals surface area (Å²) in [4.78, 5) is 0. The lowest BCUT2D eigenvalue weighted by atomic mass is 10.3. The Kier molecular flexibility index (Phi) is 3.33. The smallest absolute Gasteiger partial charge is 0.207 e. The summed E-state index contributed by atoms with van der Waals surface area (Å²) in [6.07, 6.45) is 0. The molecule has 0 saturated heterocycles. The number of halogens is 3. The monoisotopic (exact) mass is 392 g/mol. The zero-order valence-corrected chi connectivity index (χ0v) is 11.3. The number of hydrogen-bond acceptors (Lipinski definition) is 0. The molecule has 0 bridgehead atoms. The Morgan fingerprint density at radius 1 is 1.18 bits per heavy atom.